The predicted molar refractivity (Wildman–Crippen MR) is 77.8 cm³/mol. The summed E-state index contributed by atoms with van der Waals surface area (Å²) in [4.78, 5) is 5.26. The summed E-state index contributed by atoms with van der Waals surface area (Å²) >= 11 is 0. The van der Waals surface area contributed by atoms with Gasteiger partial charge < -0.3 is 10.6 Å². The highest BCUT2D eigenvalue weighted by Gasteiger charge is 2.41. The monoisotopic (exact) mass is 253 g/mol. The van der Waals surface area contributed by atoms with Crippen LogP contribution in [0.1, 0.15) is 51.9 Å². The molecule has 0 radical (unpaired) electrons. The number of hydrogen-bond donors (Lipinski definition) is 1. The third-order valence-electron chi connectivity index (χ3n) is 5.16. The summed E-state index contributed by atoms with van der Waals surface area (Å²) in [6.45, 7) is 6.88. The van der Waals surface area contributed by atoms with E-state index < -0.39 is 0 Å². The van der Waals surface area contributed by atoms with E-state index in [2.05, 4.69) is 23.8 Å². The van der Waals surface area contributed by atoms with Gasteiger partial charge in [0.25, 0.3) is 0 Å². The molecule has 0 spiro atoms. The summed E-state index contributed by atoms with van der Waals surface area (Å²) in [6.07, 6.45) is 9.38. The van der Waals surface area contributed by atoms with E-state index in [0.717, 1.165) is 12.6 Å². The molecule has 18 heavy (non-hydrogen) atoms. The molecule has 2 heterocycles. The molecule has 2 rings (SSSR count). The molecule has 2 N–H and O–H groups in total. The second kappa shape index (κ2) is 6.36. The smallest absolute Gasteiger partial charge is 0.0358 e. The van der Waals surface area contributed by atoms with Gasteiger partial charge in [-0.2, -0.15) is 0 Å². The largest absolute Gasteiger partial charge is 0.329 e. The highest BCUT2D eigenvalue weighted by molar-refractivity contribution is 4.99. The molecule has 1 atom stereocenters. The van der Waals surface area contributed by atoms with Gasteiger partial charge in [-0.25, -0.2) is 0 Å². The molecule has 0 aromatic heterocycles. The minimum atomic E-state index is 0.312. The molecule has 2 saturated heterocycles. The normalized spacial score (nSPS) is 30.5. The van der Waals surface area contributed by atoms with Gasteiger partial charge in [-0.05, 0) is 58.8 Å². The van der Waals surface area contributed by atoms with E-state index in [4.69, 9.17) is 5.73 Å². The zero-order valence-electron chi connectivity index (χ0n) is 12.3. The van der Waals surface area contributed by atoms with Crippen LogP contribution in [0.5, 0.6) is 0 Å². The maximum absolute atomic E-state index is 6.21. The average molecular weight is 253 g/mol. The van der Waals surface area contributed by atoms with Crippen LogP contribution in [0.3, 0.4) is 0 Å². The minimum Gasteiger partial charge on any atom is -0.329 e. The van der Waals surface area contributed by atoms with Crippen LogP contribution in [0.4, 0.5) is 0 Å². The lowest BCUT2D eigenvalue weighted by molar-refractivity contribution is -0.0192. The van der Waals surface area contributed by atoms with Gasteiger partial charge >= 0.3 is 0 Å². The number of nitrogens with two attached hydrogens (primary N) is 1. The van der Waals surface area contributed by atoms with Gasteiger partial charge in [0, 0.05) is 18.1 Å². The van der Waals surface area contributed by atoms with E-state index in [9.17, 15) is 0 Å². The van der Waals surface area contributed by atoms with Crippen molar-refractivity contribution in [2.24, 2.45) is 5.73 Å². The van der Waals surface area contributed by atoms with Crippen LogP contribution in [-0.2, 0) is 0 Å². The molecule has 2 aliphatic rings. The first-order valence-corrected chi connectivity index (χ1v) is 7.87. The van der Waals surface area contributed by atoms with Crippen molar-refractivity contribution < 1.29 is 0 Å². The molecule has 2 aliphatic heterocycles. The van der Waals surface area contributed by atoms with Gasteiger partial charge in [0.2, 0.25) is 0 Å². The highest BCUT2D eigenvalue weighted by atomic mass is 15.3. The van der Waals surface area contributed by atoms with Crippen molar-refractivity contribution >= 4 is 0 Å². The third kappa shape index (κ3) is 2.89. The SMILES string of the molecule is CCCC1CCCCN1C1(CN)CCN(C)CC1. The van der Waals surface area contributed by atoms with E-state index in [1.807, 2.05) is 0 Å². The summed E-state index contributed by atoms with van der Waals surface area (Å²) < 4.78 is 0. The summed E-state index contributed by atoms with van der Waals surface area (Å²) in [7, 11) is 2.24. The van der Waals surface area contributed by atoms with Crippen molar-refractivity contribution in [3.63, 3.8) is 0 Å². The van der Waals surface area contributed by atoms with Crippen LogP contribution >= 0.6 is 0 Å². The third-order valence-corrected chi connectivity index (χ3v) is 5.16. The summed E-state index contributed by atoms with van der Waals surface area (Å²) in [6, 6.07) is 0.802. The standard InChI is InChI=1S/C15H31N3/c1-3-6-14-7-4-5-10-18(14)15(13-16)8-11-17(2)12-9-15/h14H,3-13,16H2,1-2H3. The Morgan fingerprint density at radius 3 is 2.50 bits per heavy atom. The first-order chi connectivity index (χ1) is 8.72. The molecular formula is C15H31N3. The molecule has 1 unspecified atom stereocenters. The van der Waals surface area contributed by atoms with Crippen LogP contribution < -0.4 is 5.73 Å². The Morgan fingerprint density at radius 1 is 1.17 bits per heavy atom. The molecule has 106 valence electrons. The second-order valence-electron chi connectivity index (χ2n) is 6.36. The van der Waals surface area contributed by atoms with E-state index in [-0.39, 0.29) is 0 Å². The van der Waals surface area contributed by atoms with Crippen LogP contribution in [0.2, 0.25) is 0 Å². The van der Waals surface area contributed by atoms with Crippen molar-refractivity contribution in [3.05, 3.63) is 0 Å². The van der Waals surface area contributed by atoms with Gasteiger partial charge in [0.1, 0.15) is 0 Å². The molecule has 0 saturated carbocycles. The minimum absolute atomic E-state index is 0.312. The molecule has 0 aliphatic carbocycles. The van der Waals surface area contributed by atoms with Crippen LogP contribution in [0.15, 0.2) is 0 Å². The Bertz CT molecular complexity index is 244. The van der Waals surface area contributed by atoms with Crippen LogP contribution in [0.25, 0.3) is 0 Å². The Balaban J connectivity index is 2.08. The van der Waals surface area contributed by atoms with Crippen molar-refractivity contribution in [3.8, 4) is 0 Å². The van der Waals surface area contributed by atoms with Crippen molar-refractivity contribution in [1.82, 2.24) is 9.80 Å². The first kappa shape index (κ1) is 14.3. The average Bonchev–Trinajstić information content (AvgIpc) is 2.41. The molecule has 0 aromatic carbocycles. The van der Waals surface area contributed by atoms with Crippen molar-refractivity contribution in [1.29, 1.82) is 0 Å². The molecule has 3 nitrogen and oxygen atoms in total. The summed E-state index contributed by atoms with van der Waals surface area (Å²) in [5, 5.41) is 0. The zero-order chi connectivity index (χ0) is 13.0. The van der Waals surface area contributed by atoms with E-state index in [1.165, 1.54) is 64.6 Å². The Kier molecular flexibility index (Phi) is 5.05. The van der Waals surface area contributed by atoms with E-state index in [0.29, 0.717) is 5.54 Å². The Hall–Kier alpha value is -0.120. The van der Waals surface area contributed by atoms with Crippen molar-refractivity contribution in [2.45, 2.75) is 63.5 Å². The van der Waals surface area contributed by atoms with Gasteiger partial charge in [-0.15, -0.1) is 0 Å². The fourth-order valence-corrected chi connectivity index (χ4v) is 3.90. The van der Waals surface area contributed by atoms with E-state index in [1.54, 1.807) is 0 Å². The maximum atomic E-state index is 6.21. The lowest BCUT2D eigenvalue weighted by Gasteiger charge is -2.53. The van der Waals surface area contributed by atoms with Gasteiger partial charge in [-0.1, -0.05) is 19.8 Å². The summed E-state index contributed by atoms with van der Waals surface area (Å²) in [5.74, 6) is 0. The van der Waals surface area contributed by atoms with Gasteiger partial charge in [0.15, 0.2) is 0 Å². The Labute approximate surface area is 113 Å². The molecular weight excluding hydrogens is 222 g/mol. The second-order valence-corrected chi connectivity index (χ2v) is 6.36. The lowest BCUT2D eigenvalue weighted by atomic mass is 9.81. The summed E-state index contributed by atoms with van der Waals surface area (Å²) in [5.41, 5.74) is 6.52. The van der Waals surface area contributed by atoms with Crippen LogP contribution in [-0.4, -0.2) is 54.6 Å². The topological polar surface area (TPSA) is 32.5 Å². The number of hydrogen-bond acceptors (Lipinski definition) is 3. The molecule has 3 heteroatoms. The van der Waals surface area contributed by atoms with E-state index >= 15 is 0 Å². The molecule has 0 bridgehead atoms. The first-order valence-electron chi connectivity index (χ1n) is 7.87. The predicted octanol–water partition coefficient (Wildman–Crippen LogP) is 2.06. The molecule has 0 aromatic rings. The van der Waals surface area contributed by atoms with Crippen molar-refractivity contribution in [2.75, 3.05) is 33.2 Å². The quantitative estimate of drug-likeness (QED) is 0.832. The number of piperidine rings is 2. The Morgan fingerprint density at radius 2 is 1.89 bits per heavy atom. The molecule has 2 fully saturated rings. The fraction of sp³-hybridized carbons (Fsp3) is 1.00. The maximum Gasteiger partial charge on any atom is 0.0358 e. The lowest BCUT2D eigenvalue weighted by Crippen LogP contribution is -2.63. The number of rotatable bonds is 4. The zero-order valence-corrected chi connectivity index (χ0v) is 12.3. The van der Waals surface area contributed by atoms with Gasteiger partial charge in [0.05, 0.1) is 0 Å². The van der Waals surface area contributed by atoms with Crippen LogP contribution in [0, 0.1) is 0 Å². The highest BCUT2D eigenvalue weighted by Crippen LogP contribution is 2.34. The van der Waals surface area contributed by atoms with Gasteiger partial charge in [-0.3, -0.25) is 4.90 Å². The number of likely N-dealkylation sites (tertiary alicyclic amines) is 2. The number of nitrogens with zero attached hydrogens (tertiary/aromatic N) is 2. The fourth-order valence-electron chi connectivity index (χ4n) is 3.90. The molecule has 0 amide bonds.